The van der Waals surface area contributed by atoms with Crippen molar-refractivity contribution in [3.8, 4) is 11.1 Å². The standard InChI is InChI=1S/C14H8O5S/c15-13-11-4-2-1-3-9(11)10-6-5-8(20(17,18)19)7-12(10)14(13)16/h1-7H,(H,17,18,19)/p-1. The zero-order chi connectivity index (χ0) is 14.5. The van der Waals surface area contributed by atoms with Gasteiger partial charge in [-0.25, -0.2) is 8.42 Å². The van der Waals surface area contributed by atoms with Crippen LogP contribution in [-0.2, 0) is 10.1 Å². The summed E-state index contributed by atoms with van der Waals surface area (Å²) in [5.41, 5.74) is 1.24. The molecule has 6 heteroatoms. The third kappa shape index (κ3) is 1.77. The summed E-state index contributed by atoms with van der Waals surface area (Å²) < 4.78 is 33.0. The van der Waals surface area contributed by atoms with Crippen LogP contribution in [0.1, 0.15) is 20.7 Å². The molecular weight excluding hydrogens is 280 g/mol. The van der Waals surface area contributed by atoms with Gasteiger partial charge in [0.15, 0.2) is 0 Å². The highest BCUT2D eigenvalue weighted by atomic mass is 32.2. The highest BCUT2D eigenvalue weighted by Crippen LogP contribution is 2.34. The second kappa shape index (κ2) is 4.09. The van der Waals surface area contributed by atoms with Crippen LogP contribution < -0.4 is 0 Å². The van der Waals surface area contributed by atoms with E-state index in [4.69, 9.17) is 0 Å². The SMILES string of the molecule is O=C1C(=O)c2cc(S(=O)(=O)[O-])ccc2-c2ccccc21. The van der Waals surface area contributed by atoms with E-state index >= 15 is 0 Å². The van der Waals surface area contributed by atoms with Gasteiger partial charge in [0, 0.05) is 11.1 Å². The van der Waals surface area contributed by atoms with E-state index in [0.717, 1.165) is 12.1 Å². The molecule has 1 aliphatic carbocycles. The zero-order valence-electron chi connectivity index (χ0n) is 9.99. The monoisotopic (exact) mass is 287 g/mol. The fourth-order valence-electron chi connectivity index (χ4n) is 2.26. The average molecular weight is 287 g/mol. The molecule has 0 amide bonds. The van der Waals surface area contributed by atoms with E-state index in [1.54, 1.807) is 18.2 Å². The third-order valence-corrected chi connectivity index (χ3v) is 4.02. The Hall–Kier alpha value is -2.31. The average Bonchev–Trinajstić information content (AvgIpc) is 2.43. The minimum absolute atomic E-state index is 0.0503. The molecule has 0 saturated heterocycles. The van der Waals surface area contributed by atoms with Crippen LogP contribution in [0, 0.1) is 0 Å². The summed E-state index contributed by atoms with van der Waals surface area (Å²) in [6.45, 7) is 0. The highest BCUT2D eigenvalue weighted by Gasteiger charge is 2.30. The van der Waals surface area contributed by atoms with Gasteiger partial charge in [-0.05, 0) is 23.3 Å². The van der Waals surface area contributed by atoms with Gasteiger partial charge in [-0.2, -0.15) is 0 Å². The van der Waals surface area contributed by atoms with Crippen molar-refractivity contribution < 1.29 is 22.6 Å². The first kappa shape index (κ1) is 12.7. The van der Waals surface area contributed by atoms with Crippen LogP contribution in [0.15, 0.2) is 47.4 Å². The molecule has 0 saturated carbocycles. The molecule has 20 heavy (non-hydrogen) atoms. The molecule has 0 radical (unpaired) electrons. The summed E-state index contributed by atoms with van der Waals surface area (Å²) >= 11 is 0. The molecule has 5 nitrogen and oxygen atoms in total. The van der Waals surface area contributed by atoms with Gasteiger partial charge >= 0.3 is 0 Å². The molecule has 2 aromatic rings. The number of hydrogen-bond acceptors (Lipinski definition) is 5. The Bertz CT molecular complexity index is 865. The van der Waals surface area contributed by atoms with Gasteiger partial charge < -0.3 is 4.55 Å². The highest BCUT2D eigenvalue weighted by molar-refractivity contribution is 7.85. The van der Waals surface area contributed by atoms with Gasteiger partial charge in [0.25, 0.3) is 0 Å². The Morgan fingerprint density at radius 3 is 1.95 bits per heavy atom. The zero-order valence-corrected chi connectivity index (χ0v) is 10.8. The van der Waals surface area contributed by atoms with Crippen molar-refractivity contribution in [2.24, 2.45) is 0 Å². The number of carbonyl (C=O) groups excluding carboxylic acids is 2. The van der Waals surface area contributed by atoms with Crippen molar-refractivity contribution in [3.05, 3.63) is 53.6 Å². The maximum absolute atomic E-state index is 12.0. The van der Waals surface area contributed by atoms with E-state index < -0.39 is 26.6 Å². The van der Waals surface area contributed by atoms with Crippen LogP contribution in [0.25, 0.3) is 11.1 Å². The minimum Gasteiger partial charge on any atom is -0.744 e. The van der Waals surface area contributed by atoms with Gasteiger partial charge in [-0.15, -0.1) is 0 Å². The summed E-state index contributed by atoms with van der Waals surface area (Å²) in [7, 11) is -4.67. The third-order valence-electron chi connectivity index (χ3n) is 3.19. The molecule has 0 aliphatic heterocycles. The van der Waals surface area contributed by atoms with Crippen molar-refractivity contribution in [1.29, 1.82) is 0 Å². The van der Waals surface area contributed by atoms with E-state index in [9.17, 15) is 22.6 Å². The first-order valence-corrected chi connectivity index (χ1v) is 7.09. The van der Waals surface area contributed by atoms with Crippen molar-refractivity contribution in [2.75, 3.05) is 0 Å². The van der Waals surface area contributed by atoms with Crippen LogP contribution in [0.4, 0.5) is 0 Å². The van der Waals surface area contributed by atoms with E-state index in [1.807, 2.05) is 0 Å². The first-order chi connectivity index (χ1) is 9.39. The molecule has 0 atom stereocenters. The van der Waals surface area contributed by atoms with E-state index in [0.29, 0.717) is 11.1 Å². The number of benzene rings is 2. The summed E-state index contributed by atoms with van der Waals surface area (Å²) in [5, 5.41) is 0. The number of Topliss-reactive ketones (excluding diaryl/α,β-unsaturated/α-hetero) is 2. The molecule has 0 fully saturated rings. The molecule has 3 rings (SSSR count). The van der Waals surface area contributed by atoms with Gasteiger partial charge in [0.05, 0.1) is 4.90 Å². The number of hydrogen-bond donors (Lipinski definition) is 0. The lowest BCUT2D eigenvalue weighted by molar-refractivity contribution is 0.0815. The van der Waals surface area contributed by atoms with Gasteiger partial charge in [-0.3, -0.25) is 9.59 Å². The maximum Gasteiger partial charge on any atom is 0.234 e. The topological polar surface area (TPSA) is 91.3 Å². The molecule has 0 unspecified atom stereocenters. The van der Waals surface area contributed by atoms with Crippen molar-refractivity contribution >= 4 is 21.7 Å². The van der Waals surface area contributed by atoms with Gasteiger partial charge in [-0.1, -0.05) is 30.3 Å². The summed E-state index contributed by atoms with van der Waals surface area (Å²) in [6, 6.07) is 10.0. The van der Waals surface area contributed by atoms with E-state index in [2.05, 4.69) is 0 Å². The molecule has 0 aromatic heterocycles. The Labute approximate surface area is 114 Å². The van der Waals surface area contributed by atoms with Gasteiger partial charge in [0.2, 0.25) is 11.6 Å². The molecule has 0 heterocycles. The van der Waals surface area contributed by atoms with Crippen molar-refractivity contribution in [2.45, 2.75) is 4.90 Å². The Morgan fingerprint density at radius 1 is 0.750 bits per heavy atom. The number of carbonyl (C=O) groups is 2. The predicted octanol–water partition coefficient (Wildman–Crippen LogP) is 1.64. The Kier molecular flexibility index (Phi) is 2.60. The van der Waals surface area contributed by atoms with Crippen LogP contribution in [0.2, 0.25) is 0 Å². The van der Waals surface area contributed by atoms with Crippen LogP contribution in [-0.4, -0.2) is 24.5 Å². The van der Waals surface area contributed by atoms with Crippen LogP contribution in [0.3, 0.4) is 0 Å². The summed E-state index contributed by atoms with van der Waals surface area (Å²) in [6.07, 6.45) is 0. The molecule has 1 aliphatic rings. The smallest absolute Gasteiger partial charge is 0.234 e. The first-order valence-electron chi connectivity index (χ1n) is 5.68. The molecular formula is C14H7O5S-. The van der Waals surface area contributed by atoms with E-state index in [-0.39, 0.29) is 11.1 Å². The largest absolute Gasteiger partial charge is 0.744 e. The number of rotatable bonds is 1. The lowest BCUT2D eigenvalue weighted by atomic mass is 9.84. The number of ketones is 2. The lowest BCUT2D eigenvalue weighted by Gasteiger charge is -2.19. The second-order valence-corrected chi connectivity index (χ2v) is 5.74. The summed E-state index contributed by atoms with van der Waals surface area (Å²) in [4.78, 5) is 23.5. The lowest BCUT2D eigenvalue weighted by Crippen LogP contribution is -2.21. The predicted molar refractivity (Wildman–Crippen MR) is 68.5 cm³/mol. The second-order valence-electron chi connectivity index (χ2n) is 4.37. The van der Waals surface area contributed by atoms with Crippen molar-refractivity contribution in [1.82, 2.24) is 0 Å². The maximum atomic E-state index is 12.0. The minimum atomic E-state index is -4.67. The normalized spacial score (nSPS) is 13.8. The fourth-order valence-corrected chi connectivity index (χ4v) is 2.76. The Morgan fingerprint density at radius 2 is 1.30 bits per heavy atom. The quantitative estimate of drug-likeness (QED) is 0.587. The van der Waals surface area contributed by atoms with E-state index in [1.165, 1.54) is 12.1 Å². The molecule has 100 valence electrons. The van der Waals surface area contributed by atoms with Crippen LogP contribution >= 0.6 is 0 Å². The van der Waals surface area contributed by atoms with Crippen molar-refractivity contribution in [3.63, 3.8) is 0 Å². The van der Waals surface area contributed by atoms with Gasteiger partial charge in [0.1, 0.15) is 10.1 Å². The molecule has 0 N–H and O–H groups in total. The van der Waals surface area contributed by atoms with Crippen LogP contribution in [0.5, 0.6) is 0 Å². The number of fused-ring (bicyclic) bond motifs is 3. The molecule has 0 bridgehead atoms. The fraction of sp³-hybridized carbons (Fsp3) is 0. The Balaban J connectivity index is 2.35. The summed E-state index contributed by atoms with van der Waals surface area (Å²) in [5.74, 6) is -1.50. The molecule has 2 aromatic carbocycles. The molecule has 0 spiro atoms.